The molecule has 0 saturated carbocycles. The van der Waals surface area contributed by atoms with Crippen LogP contribution in [0, 0.1) is 0 Å². The number of piperidine rings is 1. The number of aliphatic hydroxyl groups is 1. The van der Waals surface area contributed by atoms with E-state index in [-0.39, 0.29) is 12.6 Å². The van der Waals surface area contributed by atoms with E-state index in [1.54, 1.807) is 12.4 Å². The van der Waals surface area contributed by atoms with Crippen molar-refractivity contribution in [1.29, 1.82) is 0 Å². The molecule has 4 rings (SSSR count). The molecule has 31 heavy (non-hydrogen) atoms. The van der Waals surface area contributed by atoms with Crippen LogP contribution >= 0.6 is 0 Å². The van der Waals surface area contributed by atoms with Crippen LogP contribution in [-0.4, -0.2) is 74.7 Å². The van der Waals surface area contributed by atoms with E-state index in [0.717, 1.165) is 45.8 Å². The van der Waals surface area contributed by atoms with Gasteiger partial charge in [0.05, 0.1) is 6.10 Å². The van der Waals surface area contributed by atoms with Gasteiger partial charge in [-0.25, -0.2) is 0 Å². The molecule has 0 aromatic carbocycles. The van der Waals surface area contributed by atoms with Crippen LogP contribution in [0.25, 0.3) is 0 Å². The number of imide groups is 1. The molecule has 9 nitrogen and oxygen atoms in total. The summed E-state index contributed by atoms with van der Waals surface area (Å²) in [6, 6.07) is 3.78. The predicted octanol–water partition coefficient (Wildman–Crippen LogP) is 2.36. The second-order valence-electron chi connectivity index (χ2n) is 9.04. The monoisotopic (exact) mass is 533 g/mol. The van der Waals surface area contributed by atoms with Gasteiger partial charge in [-0.2, -0.15) is 0 Å². The Morgan fingerprint density at radius 2 is 1.87 bits per heavy atom. The van der Waals surface area contributed by atoms with E-state index >= 15 is 0 Å². The molecule has 10 heteroatoms. The zero-order chi connectivity index (χ0) is 22.3. The molecule has 2 aromatic heterocycles. The number of fused-ring (bicyclic) bond motifs is 1. The first kappa shape index (κ1) is 21.8. The number of nitrogens with zero attached hydrogens (tertiary/aromatic N) is 4. The fourth-order valence-electron chi connectivity index (χ4n) is 4.12. The van der Waals surface area contributed by atoms with Crippen LogP contribution in [0.2, 0.25) is 14.8 Å². The number of anilines is 3. The second-order valence-corrected chi connectivity index (χ2v) is 23.2. The molecule has 2 aliphatic heterocycles. The van der Waals surface area contributed by atoms with Gasteiger partial charge in [0.15, 0.2) is 0 Å². The van der Waals surface area contributed by atoms with Crippen LogP contribution in [0.5, 0.6) is 0 Å². The molecule has 164 valence electrons. The van der Waals surface area contributed by atoms with Crippen LogP contribution in [0.1, 0.15) is 28.8 Å². The minimum absolute atomic E-state index is 0.0444. The molecule has 0 bridgehead atoms. The molecule has 2 aromatic rings. The number of carboxylic acid groups (broad SMARTS) is 1. The van der Waals surface area contributed by atoms with E-state index in [1.807, 2.05) is 12.1 Å². The third-order valence-electron chi connectivity index (χ3n) is 5.74. The number of pyridine rings is 2. The molecule has 3 N–H and O–H groups in total. The van der Waals surface area contributed by atoms with Crippen LogP contribution < -0.4 is 13.9 Å². The third-order valence-corrected chi connectivity index (χ3v) is 11.0. The topological polar surface area (TPSA) is 119 Å². The van der Waals surface area contributed by atoms with Gasteiger partial charge >= 0.3 is 174 Å². The van der Waals surface area contributed by atoms with Gasteiger partial charge in [0.2, 0.25) is 0 Å². The summed E-state index contributed by atoms with van der Waals surface area (Å²) in [5.41, 5.74) is 2.56. The zero-order valence-electron chi connectivity index (χ0n) is 17.9. The van der Waals surface area contributed by atoms with E-state index in [1.165, 1.54) is 0 Å². The van der Waals surface area contributed by atoms with E-state index in [2.05, 4.69) is 35.0 Å². The summed E-state index contributed by atoms with van der Waals surface area (Å²) in [5, 5.41) is 22.3. The van der Waals surface area contributed by atoms with Crippen LogP contribution in [0.3, 0.4) is 0 Å². The Morgan fingerprint density at radius 1 is 1.16 bits per heavy atom. The Hall–Kier alpha value is -2.40. The second kappa shape index (κ2) is 8.27. The van der Waals surface area contributed by atoms with Crippen molar-refractivity contribution in [3.05, 3.63) is 35.7 Å². The number of amides is 2. The number of nitrogens with one attached hydrogen (secondary N) is 1. The molecule has 0 radical (unpaired) electrons. The molecule has 0 aliphatic carbocycles. The maximum atomic E-state index is 12.9. The van der Waals surface area contributed by atoms with Crippen molar-refractivity contribution in [3.8, 4) is 0 Å². The first-order chi connectivity index (χ1) is 14.6. The van der Waals surface area contributed by atoms with Crippen LogP contribution in [0.4, 0.5) is 22.0 Å². The number of hydrogen-bond acceptors (Lipinski definition) is 7. The van der Waals surface area contributed by atoms with Gasteiger partial charge in [0.25, 0.3) is 0 Å². The van der Waals surface area contributed by atoms with Crippen LogP contribution in [0.15, 0.2) is 24.5 Å². The van der Waals surface area contributed by atoms with Crippen molar-refractivity contribution >= 4 is 51.3 Å². The fourth-order valence-corrected chi connectivity index (χ4v) is 8.58. The average Bonchev–Trinajstić information content (AvgIpc) is 3.06. The number of hydrogen-bond donors (Lipinski definition) is 3. The summed E-state index contributed by atoms with van der Waals surface area (Å²) in [5.74, 6) is 0.0334. The molecule has 4 heterocycles. The molecule has 0 spiro atoms. The van der Waals surface area contributed by atoms with Gasteiger partial charge < -0.3 is 5.11 Å². The summed E-state index contributed by atoms with van der Waals surface area (Å²) in [6.07, 6.45) is 3.39. The Kier molecular flexibility index (Phi) is 5.82. The van der Waals surface area contributed by atoms with Crippen molar-refractivity contribution in [3.63, 3.8) is 0 Å². The number of carbonyl (C=O) groups excluding carboxylic acids is 1. The fraction of sp³-hybridized carbons (Fsp3) is 0.429. The van der Waals surface area contributed by atoms with Crippen molar-refractivity contribution in [2.45, 2.75) is 40.3 Å². The van der Waals surface area contributed by atoms with E-state index in [9.17, 15) is 19.8 Å². The first-order valence-electron chi connectivity index (χ1n) is 10.4. The normalized spacial score (nSPS) is 17.1. The number of rotatable bonds is 4. The minimum atomic E-state index is -2.67. The molecule has 0 atom stereocenters. The molecule has 1 saturated heterocycles. The molecular formula is C21H27N5O4Sn. The Balaban J connectivity index is 1.62. The van der Waals surface area contributed by atoms with Crippen molar-refractivity contribution in [1.82, 2.24) is 14.9 Å². The Labute approximate surface area is 185 Å². The standard InChI is InChI=1S/C18H18N5O4.3CH3.Sn/c24-13-3-5-22(6-4-13)12-1-2-15(20-8-12)21-14-9-19-7-11-10-23(18(26)27)17(25)16(11)14;;;;/h1-2,8-9,13,24H,3-6,10H2,(H,20,21)(H,26,27);3*1H3;. The predicted molar refractivity (Wildman–Crippen MR) is 120 cm³/mol. The van der Waals surface area contributed by atoms with Gasteiger partial charge in [-0.15, -0.1) is 0 Å². The first-order valence-corrected chi connectivity index (χ1v) is 20.4. The van der Waals surface area contributed by atoms with Gasteiger partial charge in [-0.1, -0.05) is 0 Å². The Morgan fingerprint density at radius 3 is 2.45 bits per heavy atom. The quantitative estimate of drug-likeness (QED) is 0.514. The molecular weight excluding hydrogens is 505 g/mol. The molecule has 1 fully saturated rings. The van der Waals surface area contributed by atoms with E-state index in [4.69, 9.17) is 0 Å². The van der Waals surface area contributed by atoms with Crippen molar-refractivity contribution in [2.75, 3.05) is 23.3 Å². The Bertz CT molecular complexity index is 1010. The average molecular weight is 532 g/mol. The summed E-state index contributed by atoms with van der Waals surface area (Å²) in [4.78, 5) is 43.2. The SMILES string of the molecule is [CH3][Sn]([CH3])([CH3])[c]1ncc(Nc2ccc(N3CCC(O)CC3)cn2)c2c1CN(C(=O)O)C2=O. The van der Waals surface area contributed by atoms with E-state index in [0.29, 0.717) is 17.1 Å². The number of aromatic nitrogens is 2. The number of aliphatic hydroxyl groups excluding tert-OH is 1. The van der Waals surface area contributed by atoms with Gasteiger partial charge in [-0.3, -0.25) is 0 Å². The summed E-state index contributed by atoms with van der Waals surface area (Å²) < 4.78 is 0.919. The van der Waals surface area contributed by atoms with E-state index < -0.39 is 30.4 Å². The maximum absolute atomic E-state index is 12.9. The van der Waals surface area contributed by atoms with Crippen LogP contribution in [-0.2, 0) is 6.54 Å². The van der Waals surface area contributed by atoms with Crippen molar-refractivity contribution in [2.24, 2.45) is 0 Å². The zero-order valence-corrected chi connectivity index (χ0v) is 20.8. The molecule has 2 aliphatic rings. The summed E-state index contributed by atoms with van der Waals surface area (Å²) in [6.45, 7) is 1.61. The molecule has 0 unspecified atom stereocenters. The summed E-state index contributed by atoms with van der Waals surface area (Å²) >= 11 is -2.67. The number of carbonyl (C=O) groups is 2. The molecule has 2 amide bonds. The van der Waals surface area contributed by atoms with Gasteiger partial charge in [0, 0.05) is 0 Å². The van der Waals surface area contributed by atoms with Crippen molar-refractivity contribution < 1.29 is 19.8 Å². The van der Waals surface area contributed by atoms with Gasteiger partial charge in [-0.05, 0) is 0 Å². The third kappa shape index (κ3) is 4.33. The van der Waals surface area contributed by atoms with Gasteiger partial charge in [0.1, 0.15) is 0 Å². The summed E-state index contributed by atoms with van der Waals surface area (Å²) in [7, 11) is 0.